The summed E-state index contributed by atoms with van der Waals surface area (Å²) in [5.41, 5.74) is 3.50. The second-order valence-corrected chi connectivity index (χ2v) is 6.70. The van der Waals surface area contributed by atoms with E-state index < -0.39 is 4.92 Å². The van der Waals surface area contributed by atoms with Crippen LogP contribution >= 0.6 is 22.6 Å². The molecule has 26 heavy (non-hydrogen) atoms. The maximum atomic E-state index is 10.6. The number of nitrogens with zero attached hydrogens (tertiary/aromatic N) is 4. The minimum atomic E-state index is -0.583. The van der Waals surface area contributed by atoms with Crippen LogP contribution in [0, 0.1) is 13.7 Å². The molecular weight excluding hydrogens is 447 g/mol. The van der Waals surface area contributed by atoms with E-state index in [1.807, 2.05) is 47.0 Å². The van der Waals surface area contributed by atoms with Gasteiger partial charge in [0.25, 0.3) is 0 Å². The molecule has 0 aliphatic heterocycles. The standard InChI is InChI=1S/C18H11IN4O3/c19-12-1-4-14(5-2-12)22-11-21-16-9-13(3-7-17(16)22)20-10-15-6-8-18(26-15)23(24)25/h1-11H. The minimum Gasteiger partial charge on any atom is -0.400 e. The van der Waals surface area contributed by atoms with Crippen LogP contribution in [-0.4, -0.2) is 20.7 Å². The van der Waals surface area contributed by atoms with E-state index in [0.29, 0.717) is 11.4 Å². The quantitative estimate of drug-likeness (QED) is 0.189. The molecule has 0 N–H and O–H groups in total. The van der Waals surface area contributed by atoms with Crippen LogP contribution < -0.4 is 0 Å². The van der Waals surface area contributed by atoms with Crippen molar-refractivity contribution in [2.45, 2.75) is 0 Å². The first kappa shape index (κ1) is 16.5. The Morgan fingerprint density at radius 2 is 1.96 bits per heavy atom. The summed E-state index contributed by atoms with van der Waals surface area (Å²) in [6.45, 7) is 0. The number of imidazole rings is 1. The fourth-order valence-electron chi connectivity index (χ4n) is 2.54. The first-order valence-corrected chi connectivity index (χ1v) is 8.69. The molecule has 0 bridgehead atoms. The number of benzene rings is 2. The smallest absolute Gasteiger partial charge is 0.400 e. The number of aromatic nitrogens is 2. The van der Waals surface area contributed by atoms with Crippen LogP contribution in [0.2, 0.25) is 0 Å². The number of nitro groups is 1. The molecule has 8 heteroatoms. The molecular formula is C18H11IN4O3. The third-order valence-electron chi connectivity index (χ3n) is 3.77. The highest BCUT2D eigenvalue weighted by Crippen LogP contribution is 2.24. The number of rotatable bonds is 4. The fraction of sp³-hybridized carbons (Fsp3) is 0. The van der Waals surface area contributed by atoms with Crippen molar-refractivity contribution in [3.8, 4) is 5.69 Å². The second kappa shape index (κ2) is 6.71. The summed E-state index contributed by atoms with van der Waals surface area (Å²) < 4.78 is 8.24. The molecule has 0 radical (unpaired) electrons. The van der Waals surface area contributed by atoms with E-state index in [9.17, 15) is 10.1 Å². The number of hydrogen-bond acceptors (Lipinski definition) is 5. The number of aliphatic imine (C=N–C) groups is 1. The Bertz CT molecular complexity index is 1130. The highest BCUT2D eigenvalue weighted by atomic mass is 127. The molecule has 128 valence electrons. The van der Waals surface area contributed by atoms with Gasteiger partial charge in [-0.1, -0.05) is 0 Å². The van der Waals surface area contributed by atoms with Crippen molar-refractivity contribution in [3.63, 3.8) is 0 Å². The molecule has 0 fully saturated rings. The average Bonchev–Trinajstić information content (AvgIpc) is 3.27. The Kier molecular flexibility index (Phi) is 4.25. The molecule has 2 aromatic heterocycles. The van der Waals surface area contributed by atoms with E-state index in [0.717, 1.165) is 16.7 Å². The fourth-order valence-corrected chi connectivity index (χ4v) is 2.90. The van der Waals surface area contributed by atoms with E-state index in [4.69, 9.17) is 4.42 Å². The molecule has 0 saturated carbocycles. The lowest BCUT2D eigenvalue weighted by Gasteiger charge is -2.04. The van der Waals surface area contributed by atoms with Crippen LogP contribution in [0.25, 0.3) is 16.7 Å². The number of hydrogen-bond donors (Lipinski definition) is 0. The van der Waals surface area contributed by atoms with Gasteiger partial charge in [-0.15, -0.1) is 0 Å². The van der Waals surface area contributed by atoms with Crippen LogP contribution in [0.3, 0.4) is 0 Å². The van der Waals surface area contributed by atoms with Gasteiger partial charge >= 0.3 is 5.88 Å². The maximum Gasteiger partial charge on any atom is 0.433 e. The van der Waals surface area contributed by atoms with Crippen LogP contribution in [0.5, 0.6) is 0 Å². The van der Waals surface area contributed by atoms with Gasteiger partial charge in [-0.05, 0) is 71.1 Å². The van der Waals surface area contributed by atoms with Crippen molar-refractivity contribution in [1.82, 2.24) is 9.55 Å². The molecule has 0 spiro atoms. The highest BCUT2D eigenvalue weighted by Gasteiger charge is 2.10. The summed E-state index contributed by atoms with van der Waals surface area (Å²) in [6, 6.07) is 16.6. The third-order valence-corrected chi connectivity index (χ3v) is 4.49. The van der Waals surface area contributed by atoms with Crippen molar-refractivity contribution in [2.75, 3.05) is 0 Å². The van der Waals surface area contributed by atoms with Crippen LogP contribution in [0.1, 0.15) is 5.76 Å². The molecule has 0 aliphatic carbocycles. The summed E-state index contributed by atoms with van der Waals surface area (Å²) in [5.74, 6) is 0.0133. The van der Waals surface area contributed by atoms with Gasteiger partial charge in [-0.25, -0.2) is 4.98 Å². The predicted octanol–water partition coefficient (Wildman–Crippen LogP) is 4.88. The summed E-state index contributed by atoms with van der Waals surface area (Å²) >= 11 is 2.27. The third kappa shape index (κ3) is 3.23. The van der Waals surface area contributed by atoms with Crippen molar-refractivity contribution in [3.05, 3.63) is 80.4 Å². The van der Waals surface area contributed by atoms with E-state index in [2.05, 4.69) is 32.6 Å². The Balaban J connectivity index is 1.63. The monoisotopic (exact) mass is 458 g/mol. The van der Waals surface area contributed by atoms with Crippen LogP contribution in [0.4, 0.5) is 11.6 Å². The van der Waals surface area contributed by atoms with Crippen molar-refractivity contribution >= 4 is 51.4 Å². The zero-order chi connectivity index (χ0) is 18.1. The van der Waals surface area contributed by atoms with Crippen LogP contribution in [0.15, 0.2) is 70.3 Å². The molecule has 4 rings (SSSR count). The summed E-state index contributed by atoms with van der Waals surface area (Å²) in [7, 11) is 0. The number of halogens is 1. The van der Waals surface area contributed by atoms with E-state index in [-0.39, 0.29) is 5.88 Å². The van der Waals surface area contributed by atoms with Crippen LogP contribution in [-0.2, 0) is 0 Å². The Morgan fingerprint density at radius 1 is 1.15 bits per heavy atom. The molecule has 0 amide bonds. The normalized spacial score (nSPS) is 11.4. The molecule has 2 aromatic carbocycles. The van der Waals surface area contributed by atoms with E-state index in [1.54, 1.807) is 6.33 Å². The number of furan rings is 1. The lowest BCUT2D eigenvalue weighted by molar-refractivity contribution is -0.402. The van der Waals surface area contributed by atoms with Gasteiger partial charge in [0.05, 0.1) is 29.0 Å². The Morgan fingerprint density at radius 3 is 2.69 bits per heavy atom. The SMILES string of the molecule is O=[N+]([O-])c1ccc(C=Nc2ccc3c(c2)ncn3-c2ccc(I)cc2)o1. The molecule has 2 heterocycles. The summed E-state index contributed by atoms with van der Waals surface area (Å²) in [4.78, 5) is 18.8. The largest absolute Gasteiger partial charge is 0.433 e. The predicted molar refractivity (Wildman–Crippen MR) is 106 cm³/mol. The number of fused-ring (bicyclic) bond motifs is 1. The zero-order valence-corrected chi connectivity index (χ0v) is 15.4. The highest BCUT2D eigenvalue weighted by molar-refractivity contribution is 14.1. The molecule has 0 saturated heterocycles. The first-order chi connectivity index (χ1) is 12.6. The van der Waals surface area contributed by atoms with Gasteiger partial charge in [-0.2, -0.15) is 0 Å². The van der Waals surface area contributed by atoms with E-state index >= 15 is 0 Å². The first-order valence-electron chi connectivity index (χ1n) is 7.61. The Hall–Kier alpha value is -3.01. The lowest BCUT2D eigenvalue weighted by Crippen LogP contribution is -1.91. The van der Waals surface area contributed by atoms with Crippen molar-refractivity contribution < 1.29 is 9.34 Å². The maximum absolute atomic E-state index is 10.6. The van der Waals surface area contributed by atoms with Gasteiger partial charge in [0.15, 0.2) is 5.76 Å². The Labute approximate surface area is 161 Å². The second-order valence-electron chi connectivity index (χ2n) is 5.46. The van der Waals surface area contributed by atoms with Gasteiger partial charge in [0.1, 0.15) is 11.3 Å². The van der Waals surface area contributed by atoms with Gasteiger partial charge in [-0.3, -0.25) is 19.7 Å². The molecule has 0 aliphatic rings. The topological polar surface area (TPSA) is 86.5 Å². The summed E-state index contributed by atoms with van der Waals surface area (Å²) in [5, 5.41) is 10.6. The molecule has 0 atom stereocenters. The van der Waals surface area contributed by atoms with Gasteiger partial charge in [0, 0.05) is 9.26 Å². The molecule has 7 nitrogen and oxygen atoms in total. The van der Waals surface area contributed by atoms with E-state index in [1.165, 1.54) is 21.9 Å². The minimum absolute atomic E-state index is 0.307. The average molecular weight is 458 g/mol. The molecule has 0 unspecified atom stereocenters. The van der Waals surface area contributed by atoms with Gasteiger partial charge < -0.3 is 4.42 Å². The zero-order valence-electron chi connectivity index (χ0n) is 13.2. The van der Waals surface area contributed by atoms with Crippen molar-refractivity contribution in [2.24, 2.45) is 4.99 Å². The lowest BCUT2D eigenvalue weighted by atomic mass is 10.2. The molecule has 4 aromatic rings. The summed E-state index contributed by atoms with van der Waals surface area (Å²) in [6.07, 6.45) is 3.22. The van der Waals surface area contributed by atoms with Gasteiger partial charge in [0.2, 0.25) is 0 Å². The van der Waals surface area contributed by atoms with Crippen molar-refractivity contribution in [1.29, 1.82) is 0 Å².